The fraction of sp³-hybridized carbons (Fsp3) is 0.0833. The van der Waals surface area contributed by atoms with Crippen LogP contribution in [-0.4, -0.2) is 15.9 Å². The number of carbonyl (C=O) groups is 1. The molecule has 2 heterocycles. The molecular formula is C12H13N5O. The number of pyridine rings is 2. The number of hydrogen-bond acceptors (Lipinski definition) is 5. The summed E-state index contributed by atoms with van der Waals surface area (Å²) in [6.45, 7) is 0.457. The van der Waals surface area contributed by atoms with Crippen molar-refractivity contribution in [3.05, 3.63) is 54.0 Å². The van der Waals surface area contributed by atoms with E-state index in [1.165, 1.54) is 6.20 Å². The number of nitrogens with two attached hydrogens (primary N) is 1. The van der Waals surface area contributed by atoms with Crippen LogP contribution in [0.1, 0.15) is 15.9 Å². The van der Waals surface area contributed by atoms with E-state index in [4.69, 9.17) is 5.84 Å². The molecule has 0 saturated carbocycles. The van der Waals surface area contributed by atoms with Gasteiger partial charge >= 0.3 is 0 Å². The van der Waals surface area contributed by atoms with E-state index < -0.39 is 0 Å². The summed E-state index contributed by atoms with van der Waals surface area (Å²) in [5, 5.41) is 2.79. The van der Waals surface area contributed by atoms with Gasteiger partial charge < -0.3 is 10.7 Å². The van der Waals surface area contributed by atoms with Crippen LogP contribution in [0.15, 0.2) is 42.9 Å². The molecule has 0 bridgehead atoms. The standard InChI is InChI=1S/C12H13N5O/c13-17-11-2-1-10(8-15-11)12(18)16-7-9-3-5-14-6-4-9/h1-6,8H,7,13H2,(H,15,17)(H,16,18). The number of carbonyl (C=O) groups excluding carboxylic acids is 1. The third-order valence-corrected chi connectivity index (χ3v) is 2.38. The summed E-state index contributed by atoms with van der Waals surface area (Å²) >= 11 is 0. The van der Waals surface area contributed by atoms with Gasteiger partial charge in [0.1, 0.15) is 5.82 Å². The molecular weight excluding hydrogens is 230 g/mol. The summed E-state index contributed by atoms with van der Waals surface area (Å²) < 4.78 is 0. The second-order valence-electron chi connectivity index (χ2n) is 3.61. The fourth-order valence-electron chi connectivity index (χ4n) is 1.40. The monoisotopic (exact) mass is 243 g/mol. The van der Waals surface area contributed by atoms with Crippen molar-refractivity contribution in [2.24, 2.45) is 5.84 Å². The van der Waals surface area contributed by atoms with Crippen molar-refractivity contribution in [1.29, 1.82) is 0 Å². The van der Waals surface area contributed by atoms with Gasteiger partial charge in [-0.05, 0) is 29.8 Å². The van der Waals surface area contributed by atoms with Crippen molar-refractivity contribution >= 4 is 11.7 Å². The maximum Gasteiger partial charge on any atom is 0.253 e. The summed E-state index contributed by atoms with van der Waals surface area (Å²) in [7, 11) is 0. The van der Waals surface area contributed by atoms with Crippen LogP contribution >= 0.6 is 0 Å². The van der Waals surface area contributed by atoms with E-state index >= 15 is 0 Å². The van der Waals surface area contributed by atoms with E-state index in [2.05, 4.69) is 20.7 Å². The molecule has 0 atom stereocenters. The average Bonchev–Trinajstić information content (AvgIpc) is 2.46. The predicted molar refractivity (Wildman–Crippen MR) is 67.5 cm³/mol. The Morgan fingerprint density at radius 1 is 1.22 bits per heavy atom. The number of nitrogens with one attached hydrogen (secondary N) is 2. The molecule has 1 amide bonds. The minimum Gasteiger partial charge on any atom is -0.348 e. The summed E-state index contributed by atoms with van der Waals surface area (Å²) in [4.78, 5) is 19.7. The first kappa shape index (κ1) is 12.0. The van der Waals surface area contributed by atoms with Crippen LogP contribution < -0.4 is 16.6 Å². The largest absolute Gasteiger partial charge is 0.348 e. The van der Waals surface area contributed by atoms with Crippen LogP contribution in [0.2, 0.25) is 0 Å². The highest BCUT2D eigenvalue weighted by molar-refractivity contribution is 5.93. The molecule has 0 saturated heterocycles. The number of aromatic nitrogens is 2. The highest BCUT2D eigenvalue weighted by Crippen LogP contribution is 2.04. The molecule has 0 aliphatic heterocycles. The highest BCUT2D eigenvalue weighted by atomic mass is 16.1. The molecule has 2 rings (SSSR count). The lowest BCUT2D eigenvalue weighted by Crippen LogP contribution is -2.23. The first-order valence-corrected chi connectivity index (χ1v) is 5.39. The number of amides is 1. The van der Waals surface area contributed by atoms with Gasteiger partial charge in [0.15, 0.2) is 0 Å². The van der Waals surface area contributed by atoms with Gasteiger partial charge in [0.05, 0.1) is 5.56 Å². The minimum atomic E-state index is -0.178. The van der Waals surface area contributed by atoms with E-state index in [0.29, 0.717) is 17.9 Å². The van der Waals surface area contributed by atoms with Gasteiger partial charge in [0.2, 0.25) is 0 Å². The molecule has 0 aliphatic carbocycles. The maximum atomic E-state index is 11.8. The van der Waals surface area contributed by atoms with Crippen molar-refractivity contribution in [2.45, 2.75) is 6.54 Å². The van der Waals surface area contributed by atoms with Crippen molar-refractivity contribution in [1.82, 2.24) is 15.3 Å². The Kier molecular flexibility index (Phi) is 3.83. The van der Waals surface area contributed by atoms with E-state index in [9.17, 15) is 4.79 Å². The minimum absolute atomic E-state index is 0.178. The first-order chi connectivity index (χ1) is 8.79. The molecule has 0 aliphatic rings. The zero-order valence-electron chi connectivity index (χ0n) is 9.63. The fourth-order valence-corrected chi connectivity index (χ4v) is 1.40. The molecule has 18 heavy (non-hydrogen) atoms. The molecule has 4 N–H and O–H groups in total. The number of nitrogens with zero attached hydrogens (tertiary/aromatic N) is 2. The van der Waals surface area contributed by atoms with Crippen LogP contribution in [-0.2, 0) is 6.54 Å². The highest BCUT2D eigenvalue weighted by Gasteiger charge is 2.05. The van der Waals surface area contributed by atoms with E-state index in [1.807, 2.05) is 12.1 Å². The van der Waals surface area contributed by atoms with Gasteiger partial charge in [0, 0.05) is 25.1 Å². The number of hydrazine groups is 1. The average molecular weight is 243 g/mol. The van der Waals surface area contributed by atoms with Crippen LogP contribution in [0.25, 0.3) is 0 Å². The molecule has 0 unspecified atom stereocenters. The van der Waals surface area contributed by atoms with E-state index in [-0.39, 0.29) is 5.91 Å². The molecule has 6 nitrogen and oxygen atoms in total. The molecule has 0 radical (unpaired) electrons. The van der Waals surface area contributed by atoms with E-state index in [1.54, 1.807) is 24.5 Å². The Labute approximate surface area is 104 Å². The van der Waals surface area contributed by atoms with Crippen molar-refractivity contribution in [3.8, 4) is 0 Å². The smallest absolute Gasteiger partial charge is 0.253 e. The zero-order valence-corrected chi connectivity index (χ0v) is 9.63. The number of anilines is 1. The SMILES string of the molecule is NNc1ccc(C(=O)NCc2ccncc2)cn1. The molecule has 2 aromatic rings. The van der Waals surface area contributed by atoms with Crippen LogP contribution in [0, 0.1) is 0 Å². The molecule has 0 fully saturated rings. The molecule has 0 spiro atoms. The van der Waals surface area contributed by atoms with Crippen LogP contribution in [0.3, 0.4) is 0 Å². The molecule has 92 valence electrons. The summed E-state index contributed by atoms with van der Waals surface area (Å²) in [6, 6.07) is 6.99. The normalized spacial score (nSPS) is 9.83. The second kappa shape index (κ2) is 5.74. The van der Waals surface area contributed by atoms with Crippen molar-refractivity contribution < 1.29 is 4.79 Å². The van der Waals surface area contributed by atoms with Gasteiger partial charge in [-0.3, -0.25) is 9.78 Å². The number of hydrogen-bond donors (Lipinski definition) is 3. The maximum absolute atomic E-state index is 11.8. The second-order valence-corrected chi connectivity index (χ2v) is 3.61. The Bertz CT molecular complexity index is 512. The molecule has 0 aromatic carbocycles. The summed E-state index contributed by atoms with van der Waals surface area (Å²) in [5.41, 5.74) is 3.88. The Morgan fingerprint density at radius 2 is 2.00 bits per heavy atom. The van der Waals surface area contributed by atoms with Crippen molar-refractivity contribution in [3.63, 3.8) is 0 Å². The van der Waals surface area contributed by atoms with Gasteiger partial charge in [0.25, 0.3) is 5.91 Å². The molecule has 2 aromatic heterocycles. The van der Waals surface area contributed by atoms with Crippen molar-refractivity contribution in [2.75, 3.05) is 5.43 Å². The van der Waals surface area contributed by atoms with E-state index in [0.717, 1.165) is 5.56 Å². The Morgan fingerprint density at radius 3 is 2.61 bits per heavy atom. The van der Waals surface area contributed by atoms with Gasteiger partial charge in [-0.15, -0.1) is 0 Å². The number of rotatable bonds is 4. The third-order valence-electron chi connectivity index (χ3n) is 2.38. The quantitative estimate of drug-likeness (QED) is 0.542. The Balaban J connectivity index is 1.95. The lowest BCUT2D eigenvalue weighted by atomic mass is 10.2. The summed E-state index contributed by atoms with van der Waals surface area (Å²) in [5.74, 6) is 5.53. The molecule has 6 heteroatoms. The summed E-state index contributed by atoms with van der Waals surface area (Å²) in [6.07, 6.45) is 4.84. The van der Waals surface area contributed by atoms with Crippen LogP contribution in [0.5, 0.6) is 0 Å². The Hall–Kier alpha value is -2.47. The zero-order chi connectivity index (χ0) is 12.8. The topological polar surface area (TPSA) is 92.9 Å². The number of nitrogen functional groups attached to an aromatic ring is 1. The predicted octanol–water partition coefficient (Wildman–Crippen LogP) is 0.692. The van der Waals surface area contributed by atoms with Gasteiger partial charge in [-0.1, -0.05) is 0 Å². The van der Waals surface area contributed by atoms with Gasteiger partial charge in [-0.2, -0.15) is 0 Å². The lowest BCUT2D eigenvalue weighted by molar-refractivity contribution is 0.0950. The first-order valence-electron chi connectivity index (χ1n) is 5.39. The van der Waals surface area contributed by atoms with Crippen LogP contribution in [0.4, 0.5) is 5.82 Å². The third kappa shape index (κ3) is 3.02. The lowest BCUT2D eigenvalue weighted by Gasteiger charge is -2.05. The van der Waals surface area contributed by atoms with Gasteiger partial charge in [-0.25, -0.2) is 10.8 Å².